The fourth-order valence-corrected chi connectivity index (χ4v) is 2.23. The number of benzene rings is 1. The van der Waals surface area contributed by atoms with Crippen LogP contribution in [0, 0.1) is 17.1 Å². The van der Waals surface area contributed by atoms with Gasteiger partial charge >= 0.3 is 0 Å². The van der Waals surface area contributed by atoms with Gasteiger partial charge < -0.3 is 4.74 Å². The molecule has 0 aliphatic heterocycles. The third kappa shape index (κ3) is 2.12. The molecule has 2 aromatic rings. The Labute approximate surface area is 120 Å². The van der Waals surface area contributed by atoms with Crippen molar-refractivity contribution in [2.75, 3.05) is 0 Å². The first kappa shape index (κ1) is 12.9. The smallest absolute Gasteiger partial charge is 0.152 e. The Morgan fingerprint density at radius 2 is 2.30 bits per heavy atom. The van der Waals surface area contributed by atoms with Crippen molar-refractivity contribution in [3.05, 3.63) is 34.7 Å². The van der Waals surface area contributed by atoms with E-state index in [-0.39, 0.29) is 22.3 Å². The van der Waals surface area contributed by atoms with Crippen molar-refractivity contribution in [3.63, 3.8) is 0 Å². The molecular formula is C14H11ClFN3O. The van der Waals surface area contributed by atoms with Gasteiger partial charge in [0.05, 0.1) is 22.4 Å². The molecule has 6 heteroatoms. The maximum absolute atomic E-state index is 14.3. The Bertz CT molecular complexity index is 716. The monoisotopic (exact) mass is 291 g/mol. The lowest BCUT2D eigenvalue weighted by molar-refractivity contribution is 0.302. The van der Waals surface area contributed by atoms with Gasteiger partial charge in [0, 0.05) is 19.3 Å². The summed E-state index contributed by atoms with van der Waals surface area (Å²) in [5.74, 6) is -0.299. The lowest BCUT2D eigenvalue weighted by atomic mass is 10.0. The van der Waals surface area contributed by atoms with E-state index in [9.17, 15) is 9.65 Å². The Balaban J connectivity index is 2.23. The van der Waals surface area contributed by atoms with Crippen LogP contribution in [0.5, 0.6) is 5.75 Å². The van der Waals surface area contributed by atoms with E-state index < -0.39 is 5.82 Å². The quantitative estimate of drug-likeness (QED) is 0.872. The highest BCUT2D eigenvalue weighted by molar-refractivity contribution is 6.31. The van der Waals surface area contributed by atoms with Crippen molar-refractivity contribution in [1.82, 2.24) is 9.78 Å². The molecule has 0 amide bonds. The van der Waals surface area contributed by atoms with Gasteiger partial charge in [0.15, 0.2) is 5.82 Å². The van der Waals surface area contributed by atoms with Crippen LogP contribution in [0.15, 0.2) is 18.3 Å². The van der Waals surface area contributed by atoms with Crippen molar-refractivity contribution >= 4 is 11.6 Å². The first-order valence-corrected chi connectivity index (χ1v) is 6.56. The largest absolute Gasteiger partial charge is 0.489 e. The summed E-state index contributed by atoms with van der Waals surface area (Å²) in [4.78, 5) is 0. The summed E-state index contributed by atoms with van der Waals surface area (Å²) in [5, 5.41) is 13.3. The van der Waals surface area contributed by atoms with Crippen LogP contribution in [0.1, 0.15) is 18.4 Å². The summed E-state index contributed by atoms with van der Waals surface area (Å²) in [6.07, 6.45) is 3.53. The van der Waals surface area contributed by atoms with Crippen LogP contribution in [0.2, 0.25) is 5.02 Å². The molecule has 0 atom stereocenters. The van der Waals surface area contributed by atoms with Crippen LogP contribution in [-0.2, 0) is 7.05 Å². The highest BCUT2D eigenvalue weighted by atomic mass is 35.5. The van der Waals surface area contributed by atoms with Gasteiger partial charge in [0.1, 0.15) is 17.4 Å². The summed E-state index contributed by atoms with van der Waals surface area (Å²) in [6.45, 7) is 0. The molecule has 1 aromatic heterocycles. The zero-order valence-electron chi connectivity index (χ0n) is 10.7. The van der Waals surface area contributed by atoms with E-state index in [1.807, 2.05) is 6.07 Å². The van der Waals surface area contributed by atoms with Crippen molar-refractivity contribution < 1.29 is 9.13 Å². The lowest BCUT2D eigenvalue weighted by Gasteiger charge is -2.13. The molecule has 0 radical (unpaired) electrons. The van der Waals surface area contributed by atoms with Crippen LogP contribution < -0.4 is 4.74 Å². The van der Waals surface area contributed by atoms with Gasteiger partial charge in [-0.15, -0.1) is 0 Å². The molecule has 0 unspecified atom stereocenters. The molecule has 0 bridgehead atoms. The molecule has 0 spiro atoms. The zero-order valence-corrected chi connectivity index (χ0v) is 11.5. The Kier molecular flexibility index (Phi) is 3.11. The molecule has 1 aliphatic rings. The molecular weight excluding hydrogens is 281 g/mol. The molecule has 3 rings (SSSR count). The molecule has 1 saturated carbocycles. The number of aromatic nitrogens is 2. The first-order chi connectivity index (χ1) is 9.61. The second-order valence-electron chi connectivity index (χ2n) is 4.69. The van der Waals surface area contributed by atoms with E-state index in [1.165, 1.54) is 16.9 Å². The number of aryl methyl sites for hydroxylation is 1. The highest BCUT2D eigenvalue weighted by Crippen LogP contribution is 2.39. The summed E-state index contributed by atoms with van der Waals surface area (Å²) in [7, 11) is 1.68. The highest BCUT2D eigenvalue weighted by Gasteiger charge is 2.28. The number of rotatable bonds is 3. The Morgan fingerprint density at radius 3 is 2.85 bits per heavy atom. The topological polar surface area (TPSA) is 50.8 Å². The summed E-state index contributed by atoms with van der Waals surface area (Å²) < 4.78 is 21.5. The SMILES string of the molecule is Cn1nccc1-c1c(F)c(Cl)cc(OC2CC2)c1C#N. The third-order valence-corrected chi connectivity index (χ3v) is 3.47. The fraction of sp³-hybridized carbons (Fsp3) is 0.286. The minimum absolute atomic E-state index is 0.0594. The minimum Gasteiger partial charge on any atom is -0.489 e. The van der Waals surface area contributed by atoms with E-state index in [1.54, 1.807) is 13.1 Å². The van der Waals surface area contributed by atoms with Gasteiger partial charge in [0.2, 0.25) is 0 Å². The number of hydrogen-bond acceptors (Lipinski definition) is 3. The van der Waals surface area contributed by atoms with Crippen molar-refractivity contribution in [3.8, 4) is 23.1 Å². The van der Waals surface area contributed by atoms with Crippen LogP contribution in [-0.4, -0.2) is 15.9 Å². The van der Waals surface area contributed by atoms with Gasteiger partial charge in [-0.25, -0.2) is 4.39 Å². The maximum Gasteiger partial charge on any atom is 0.152 e. The van der Waals surface area contributed by atoms with Gasteiger partial charge in [-0.05, 0) is 18.9 Å². The van der Waals surface area contributed by atoms with Crippen LogP contribution in [0.3, 0.4) is 0 Å². The Morgan fingerprint density at radius 1 is 1.55 bits per heavy atom. The molecule has 1 heterocycles. The number of ether oxygens (including phenoxy) is 1. The molecule has 1 aromatic carbocycles. The van der Waals surface area contributed by atoms with E-state index in [4.69, 9.17) is 16.3 Å². The molecule has 102 valence electrons. The Hall–Kier alpha value is -2.06. The molecule has 20 heavy (non-hydrogen) atoms. The number of nitrogens with zero attached hydrogens (tertiary/aromatic N) is 3. The standard InChI is InChI=1S/C14H11ClFN3O/c1-19-11(4-5-18-19)13-9(7-17)12(20-8-2-3-8)6-10(15)14(13)16/h4-6,8H,2-3H2,1H3. The number of hydrogen-bond donors (Lipinski definition) is 0. The van der Waals surface area contributed by atoms with Crippen molar-refractivity contribution in [2.45, 2.75) is 18.9 Å². The average Bonchev–Trinajstić information content (AvgIpc) is 3.14. The first-order valence-electron chi connectivity index (χ1n) is 6.19. The zero-order chi connectivity index (χ0) is 14.3. The second kappa shape index (κ2) is 4.80. The predicted octanol–water partition coefficient (Wildman–Crippen LogP) is 3.29. The van der Waals surface area contributed by atoms with Crippen molar-refractivity contribution in [2.24, 2.45) is 7.05 Å². The van der Waals surface area contributed by atoms with E-state index in [0.717, 1.165) is 12.8 Å². The fourth-order valence-electron chi connectivity index (χ4n) is 2.03. The molecule has 0 saturated heterocycles. The van der Waals surface area contributed by atoms with E-state index >= 15 is 0 Å². The second-order valence-corrected chi connectivity index (χ2v) is 5.10. The summed E-state index contributed by atoms with van der Waals surface area (Å²) in [5.41, 5.74) is 0.778. The number of nitriles is 1. The average molecular weight is 292 g/mol. The summed E-state index contributed by atoms with van der Waals surface area (Å²) in [6, 6.07) is 5.02. The van der Waals surface area contributed by atoms with Crippen LogP contribution in [0.25, 0.3) is 11.3 Å². The van der Waals surface area contributed by atoms with Gasteiger partial charge in [-0.2, -0.15) is 10.4 Å². The molecule has 1 fully saturated rings. The van der Waals surface area contributed by atoms with E-state index in [2.05, 4.69) is 5.10 Å². The number of halogens is 2. The minimum atomic E-state index is -0.630. The lowest BCUT2D eigenvalue weighted by Crippen LogP contribution is -2.04. The van der Waals surface area contributed by atoms with Crippen LogP contribution >= 0.6 is 11.6 Å². The summed E-state index contributed by atoms with van der Waals surface area (Å²) >= 11 is 5.93. The van der Waals surface area contributed by atoms with Gasteiger partial charge in [-0.1, -0.05) is 11.6 Å². The van der Waals surface area contributed by atoms with Gasteiger partial charge in [-0.3, -0.25) is 4.68 Å². The van der Waals surface area contributed by atoms with E-state index in [0.29, 0.717) is 11.4 Å². The molecule has 0 N–H and O–H groups in total. The van der Waals surface area contributed by atoms with Gasteiger partial charge in [0.25, 0.3) is 0 Å². The maximum atomic E-state index is 14.3. The third-order valence-electron chi connectivity index (χ3n) is 3.19. The van der Waals surface area contributed by atoms with Crippen molar-refractivity contribution in [1.29, 1.82) is 5.26 Å². The molecule has 4 nitrogen and oxygen atoms in total. The normalized spacial score (nSPS) is 14.1. The predicted molar refractivity (Wildman–Crippen MR) is 72.0 cm³/mol. The molecule has 1 aliphatic carbocycles. The van der Waals surface area contributed by atoms with Crippen LogP contribution in [0.4, 0.5) is 4.39 Å².